The molecule has 2 aromatic carbocycles. The first-order valence-corrected chi connectivity index (χ1v) is 9.58. The van der Waals surface area contributed by atoms with Gasteiger partial charge in [-0.05, 0) is 65.6 Å². The molecule has 0 unspecified atom stereocenters. The molecule has 0 saturated carbocycles. The number of pyridine rings is 1. The zero-order chi connectivity index (χ0) is 20.8. The highest BCUT2D eigenvalue weighted by atomic mass is 16.6. The van der Waals surface area contributed by atoms with Crippen LogP contribution in [0.1, 0.15) is 30.2 Å². The molecule has 1 N–H and O–H groups in total. The van der Waals surface area contributed by atoms with Crippen LogP contribution in [0.15, 0.2) is 65.6 Å². The molecule has 7 nitrogen and oxygen atoms in total. The number of carboxylic acid groups (broad SMARTS) is 1. The second-order valence-corrected chi connectivity index (χ2v) is 7.49. The van der Waals surface area contributed by atoms with E-state index in [1.807, 2.05) is 24.4 Å². The van der Waals surface area contributed by atoms with Crippen LogP contribution in [0.4, 0.5) is 0 Å². The van der Waals surface area contributed by atoms with E-state index in [2.05, 4.69) is 41.0 Å². The molecule has 0 fully saturated rings. The lowest BCUT2D eigenvalue weighted by Gasteiger charge is -2.08. The molecule has 0 radical (unpaired) electrons. The molecular weight excluding hydrogens is 380 g/mol. The highest BCUT2D eigenvalue weighted by Gasteiger charge is 2.16. The van der Waals surface area contributed by atoms with Crippen LogP contribution in [0.3, 0.4) is 0 Å². The van der Waals surface area contributed by atoms with E-state index < -0.39 is 5.97 Å². The average Bonchev–Trinajstić information content (AvgIpc) is 3.37. The molecule has 5 aromatic rings. The first-order chi connectivity index (χ1) is 14.5. The van der Waals surface area contributed by atoms with Crippen molar-refractivity contribution < 1.29 is 14.5 Å². The summed E-state index contributed by atoms with van der Waals surface area (Å²) in [5.74, 6) is -0.941. The lowest BCUT2D eigenvalue weighted by Crippen LogP contribution is -1.99. The summed E-state index contributed by atoms with van der Waals surface area (Å²) >= 11 is 0. The smallest absolute Gasteiger partial charge is 0.335 e. The highest BCUT2D eigenvalue weighted by molar-refractivity contribution is 5.98. The monoisotopic (exact) mass is 398 g/mol. The van der Waals surface area contributed by atoms with Gasteiger partial charge in [0, 0.05) is 34.9 Å². The second-order valence-electron chi connectivity index (χ2n) is 7.49. The lowest BCUT2D eigenvalue weighted by molar-refractivity contribution is 0.0697. The molecule has 0 aliphatic heterocycles. The normalized spacial score (nSPS) is 11.6. The Morgan fingerprint density at radius 2 is 1.70 bits per heavy atom. The standard InChI is InChI=1S/C23H18N4O3/c1-13(2)27-12-19(16-7-8-20-21(10-16)26-30-25-20)18-9-17(11-24-22(18)27)14-3-5-15(6-4-14)23(28)29/h3-13H,1-2H3,(H,28,29). The summed E-state index contributed by atoms with van der Waals surface area (Å²) in [7, 11) is 0. The van der Waals surface area contributed by atoms with Crippen molar-refractivity contribution in [1.82, 2.24) is 19.9 Å². The molecule has 30 heavy (non-hydrogen) atoms. The van der Waals surface area contributed by atoms with Crippen LogP contribution in [-0.4, -0.2) is 30.9 Å². The van der Waals surface area contributed by atoms with Crippen molar-refractivity contribution in [2.24, 2.45) is 0 Å². The Morgan fingerprint density at radius 3 is 2.43 bits per heavy atom. The number of rotatable bonds is 4. The van der Waals surface area contributed by atoms with E-state index in [4.69, 9.17) is 14.7 Å². The van der Waals surface area contributed by atoms with E-state index in [0.717, 1.165) is 33.3 Å². The summed E-state index contributed by atoms with van der Waals surface area (Å²) < 4.78 is 6.98. The van der Waals surface area contributed by atoms with Gasteiger partial charge in [-0.3, -0.25) is 0 Å². The molecule has 3 heterocycles. The number of aromatic nitrogens is 4. The summed E-state index contributed by atoms with van der Waals surface area (Å²) in [4.78, 5) is 15.9. The molecule has 0 atom stereocenters. The van der Waals surface area contributed by atoms with Gasteiger partial charge in [0.2, 0.25) is 0 Å². The van der Waals surface area contributed by atoms with Gasteiger partial charge in [-0.2, -0.15) is 0 Å². The largest absolute Gasteiger partial charge is 0.478 e. The minimum atomic E-state index is -0.941. The third-order valence-electron chi connectivity index (χ3n) is 5.26. The van der Waals surface area contributed by atoms with Crippen molar-refractivity contribution in [2.75, 3.05) is 0 Å². The number of aromatic carboxylic acids is 1. The zero-order valence-electron chi connectivity index (χ0n) is 16.4. The fourth-order valence-electron chi connectivity index (χ4n) is 3.67. The Labute approximate surface area is 171 Å². The number of hydrogen-bond donors (Lipinski definition) is 1. The Bertz CT molecular complexity index is 1400. The Morgan fingerprint density at radius 1 is 0.967 bits per heavy atom. The molecule has 7 heteroatoms. The maximum absolute atomic E-state index is 11.1. The quantitative estimate of drug-likeness (QED) is 0.448. The van der Waals surface area contributed by atoms with Crippen molar-refractivity contribution >= 4 is 28.0 Å². The molecule has 0 spiro atoms. The predicted molar refractivity (Wildman–Crippen MR) is 113 cm³/mol. The first-order valence-electron chi connectivity index (χ1n) is 9.58. The van der Waals surface area contributed by atoms with E-state index in [9.17, 15) is 4.79 Å². The topological polar surface area (TPSA) is 94.0 Å². The van der Waals surface area contributed by atoms with Crippen molar-refractivity contribution in [3.05, 3.63) is 66.5 Å². The molecule has 0 bridgehead atoms. The van der Waals surface area contributed by atoms with Gasteiger partial charge < -0.3 is 9.67 Å². The summed E-state index contributed by atoms with van der Waals surface area (Å²) in [5.41, 5.74) is 6.44. The highest BCUT2D eigenvalue weighted by Crippen LogP contribution is 2.35. The lowest BCUT2D eigenvalue weighted by atomic mass is 10.0. The van der Waals surface area contributed by atoms with E-state index in [1.165, 1.54) is 0 Å². The summed E-state index contributed by atoms with van der Waals surface area (Å²) in [6, 6.07) is 15.0. The fourth-order valence-corrected chi connectivity index (χ4v) is 3.67. The van der Waals surface area contributed by atoms with Crippen LogP contribution < -0.4 is 0 Å². The molecule has 0 amide bonds. The Kier molecular flexibility index (Phi) is 4.10. The fraction of sp³-hybridized carbons (Fsp3) is 0.130. The van der Waals surface area contributed by atoms with Crippen LogP contribution in [0.5, 0.6) is 0 Å². The van der Waals surface area contributed by atoms with E-state index in [1.54, 1.807) is 24.3 Å². The number of benzene rings is 2. The third-order valence-corrected chi connectivity index (χ3v) is 5.26. The predicted octanol–water partition coefficient (Wildman–Crippen LogP) is 5.19. The van der Waals surface area contributed by atoms with E-state index >= 15 is 0 Å². The second kappa shape index (κ2) is 6.81. The van der Waals surface area contributed by atoms with Gasteiger partial charge in [-0.25, -0.2) is 14.4 Å². The van der Waals surface area contributed by atoms with Crippen LogP contribution >= 0.6 is 0 Å². The van der Waals surface area contributed by atoms with Crippen LogP contribution in [0.25, 0.3) is 44.3 Å². The maximum atomic E-state index is 11.1. The van der Waals surface area contributed by atoms with Crippen molar-refractivity contribution in [1.29, 1.82) is 0 Å². The van der Waals surface area contributed by atoms with Crippen LogP contribution in [-0.2, 0) is 0 Å². The van der Waals surface area contributed by atoms with Gasteiger partial charge in [0.25, 0.3) is 0 Å². The van der Waals surface area contributed by atoms with E-state index in [-0.39, 0.29) is 11.6 Å². The molecule has 3 aromatic heterocycles. The van der Waals surface area contributed by atoms with Gasteiger partial charge in [0.05, 0.1) is 5.56 Å². The molecule has 0 aliphatic rings. The number of carbonyl (C=O) groups is 1. The maximum Gasteiger partial charge on any atom is 0.335 e. The Balaban J connectivity index is 1.69. The molecule has 0 saturated heterocycles. The average molecular weight is 398 g/mol. The molecule has 5 rings (SSSR count). The van der Waals surface area contributed by atoms with Crippen LogP contribution in [0.2, 0.25) is 0 Å². The van der Waals surface area contributed by atoms with Crippen molar-refractivity contribution in [2.45, 2.75) is 19.9 Å². The SMILES string of the molecule is CC(C)n1cc(-c2ccc3nonc3c2)c2cc(-c3ccc(C(=O)O)cc3)cnc21. The summed E-state index contributed by atoms with van der Waals surface area (Å²) in [6.45, 7) is 4.24. The minimum Gasteiger partial charge on any atom is -0.478 e. The Hall–Kier alpha value is -4.00. The number of carboxylic acids is 1. The minimum absolute atomic E-state index is 0.242. The summed E-state index contributed by atoms with van der Waals surface area (Å²) in [5, 5.41) is 18.0. The van der Waals surface area contributed by atoms with Crippen LogP contribution in [0, 0.1) is 0 Å². The van der Waals surface area contributed by atoms with E-state index in [0.29, 0.717) is 11.0 Å². The summed E-state index contributed by atoms with van der Waals surface area (Å²) in [6.07, 6.45) is 3.93. The number of fused-ring (bicyclic) bond motifs is 2. The molecule has 148 valence electrons. The van der Waals surface area contributed by atoms with Gasteiger partial charge in [0.1, 0.15) is 16.7 Å². The van der Waals surface area contributed by atoms with Crippen molar-refractivity contribution in [3.63, 3.8) is 0 Å². The van der Waals surface area contributed by atoms with Gasteiger partial charge in [-0.1, -0.05) is 18.2 Å². The van der Waals surface area contributed by atoms with Gasteiger partial charge >= 0.3 is 5.97 Å². The van der Waals surface area contributed by atoms with Gasteiger partial charge in [-0.15, -0.1) is 0 Å². The van der Waals surface area contributed by atoms with Gasteiger partial charge in [0.15, 0.2) is 0 Å². The zero-order valence-corrected chi connectivity index (χ0v) is 16.4. The first kappa shape index (κ1) is 18.1. The number of hydrogen-bond acceptors (Lipinski definition) is 5. The van der Waals surface area contributed by atoms with Crippen molar-refractivity contribution in [3.8, 4) is 22.3 Å². The number of nitrogens with zero attached hydrogens (tertiary/aromatic N) is 4. The molecular formula is C23H18N4O3. The molecule has 0 aliphatic carbocycles. The third kappa shape index (κ3) is 2.91.